The van der Waals surface area contributed by atoms with Gasteiger partial charge < -0.3 is 20.5 Å². The van der Waals surface area contributed by atoms with Gasteiger partial charge in [0.15, 0.2) is 18.1 Å². The predicted octanol–water partition coefficient (Wildman–Crippen LogP) is 3.05. The fourth-order valence-electron chi connectivity index (χ4n) is 2.62. The molecule has 0 aliphatic heterocycles. The number of rotatable bonds is 8. The zero-order valence-electron chi connectivity index (χ0n) is 16.0. The number of amides is 2. The van der Waals surface area contributed by atoms with Gasteiger partial charge in [0, 0.05) is 23.5 Å². The topological polar surface area (TPSA) is 108 Å². The van der Waals surface area contributed by atoms with Crippen LogP contribution in [-0.4, -0.2) is 35.3 Å². The largest absolute Gasteiger partial charge is 0.493 e. The fraction of sp³-hybridized carbons (Fsp3) is 0.0952. The van der Waals surface area contributed by atoms with Crippen LogP contribution < -0.4 is 20.5 Å². The van der Waals surface area contributed by atoms with Crippen LogP contribution in [-0.2, 0) is 9.59 Å². The minimum atomic E-state index is -0.590. The molecule has 1 heterocycles. The highest BCUT2D eigenvalue weighted by atomic mass is 35.5. The first-order valence-electron chi connectivity index (χ1n) is 8.84. The van der Waals surface area contributed by atoms with Crippen LogP contribution in [0, 0.1) is 0 Å². The molecule has 0 bridgehead atoms. The second kappa shape index (κ2) is 9.62. The molecule has 0 fully saturated rings. The van der Waals surface area contributed by atoms with E-state index in [9.17, 15) is 9.59 Å². The highest BCUT2D eigenvalue weighted by molar-refractivity contribution is 6.31. The molecule has 3 N–H and O–H groups in total. The number of hydrogen-bond donors (Lipinski definition) is 2. The first-order valence-corrected chi connectivity index (χ1v) is 9.22. The summed E-state index contributed by atoms with van der Waals surface area (Å²) in [7, 11) is 1.47. The van der Waals surface area contributed by atoms with Crippen LogP contribution in [0.3, 0.4) is 0 Å². The summed E-state index contributed by atoms with van der Waals surface area (Å²) >= 11 is 6.07. The van der Waals surface area contributed by atoms with Gasteiger partial charge in [-0.25, -0.2) is 4.68 Å². The standard InChI is InChI=1S/C21H19ClN4O4/c1-29-19-11-14(3-7-18(19)30-13-20(23)27)4-8-21(28)25-16-12-15(22)5-6-17(16)26-10-2-9-24-26/h2-12H,13H2,1H3,(H2,23,27)(H,25,28)/b8-4+. The normalized spacial score (nSPS) is 10.7. The van der Waals surface area contributed by atoms with E-state index in [4.69, 9.17) is 26.8 Å². The SMILES string of the molecule is COc1cc(/C=C/C(=O)Nc2cc(Cl)ccc2-n2cccn2)ccc1OCC(N)=O. The summed E-state index contributed by atoms with van der Waals surface area (Å²) in [6.07, 6.45) is 6.41. The lowest BCUT2D eigenvalue weighted by Gasteiger charge is -2.11. The maximum absolute atomic E-state index is 12.4. The Kier molecular flexibility index (Phi) is 6.71. The molecule has 30 heavy (non-hydrogen) atoms. The maximum Gasteiger partial charge on any atom is 0.255 e. The Balaban J connectivity index is 1.74. The van der Waals surface area contributed by atoms with Crippen molar-refractivity contribution >= 4 is 35.2 Å². The van der Waals surface area contributed by atoms with Crippen molar-refractivity contribution in [2.45, 2.75) is 0 Å². The van der Waals surface area contributed by atoms with Crippen LogP contribution in [0.15, 0.2) is 60.9 Å². The summed E-state index contributed by atoms with van der Waals surface area (Å²) in [5, 5.41) is 7.47. The minimum Gasteiger partial charge on any atom is -0.493 e. The molecular weight excluding hydrogens is 408 g/mol. The first-order chi connectivity index (χ1) is 14.5. The molecule has 9 heteroatoms. The van der Waals surface area contributed by atoms with E-state index in [1.54, 1.807) is 65.6 Å². The minimum absolute atomic E-state index is 0.258. The third-order valence-electron chi connectivity index (χ3n) is 3.95. The van der Waals surface area contributed by atoms with Gasteiger partial charge >= 0.3 is 0 Å². The van der Waals surface area contributed by atoms with Crippen molar-refractivity contribution < 1.29 is 19.1 Å². The van der Waals surface area contributed by atoms with Crippen molar-refractivity contribution in [3.63, 3.8) is 0 Å². The molecule has 2 aromatic carbocycles. The van der Waals surface area contributed by atoms with Gasteiger partial charge in [-0.2, -0.15) is 5.10 Å². The zero-order valence-corrected chi connectivity index (χ0v) is 16.8. The average molecular weight is 427 g/mol. The average Bonchev–Trinajstić information content (AvgIpc) is 3.25. The molecule has 0 unspecified atom stereocenters. The summed E-state index contributed by atoms with van der Waals surface area (Å²) in [5.41, 5.74) is 6.99. The lowest BCUT2D eigenvalue weighted by Crippen LogP contribution is -2.20. The fourth-order valence-corrected chi connectivity index (χ4v) is 2.79. The molecule has 0 atom stereocenters. The molecule has 0 aliphatic rings. The van der Waals surface area contributed by atoms with Crippen molar-refractivity contribution in [1.29, 1.82) is 0 Å². The van der Waals surface area contributed by atoms with Crippen molar-refractivity contribution in [2.24, 2.45) is 5.73 Å². The molecule has 3 aromatic rings. The van der Waals surface area contributed by atoms with E-state index < -0.39 is 5.91 Å². The Morgan fingerprint density at radius 3 is 2.77 bits per heavy atom. The monoisotopic (exact) mass is 426 g/mol. The molecule has 2 amide bonds. The van der Waals surface area contributed by atoms with Crippen molar-refractivity contribution in [1.82, 2.24) is 9.78 Å². The Morgan fingerprint density at radius 1 is 1.23 bits per heavy atom. The highest BCUT2D eigenvalue weighted by Crippen LogP contribution is 2.28. The van der Waals surface area contributed by atoms with Crippen LogP contribution in [0.4, 0.5) is 5.69 Å². The summed E-state index contributed by atoms with van der Waals surface area (Å²) < 4.78 is 12.2. The molecule has 0 aliphatic carbocycles. The molecule has 0 spiro atoms. The number of nitrogens with two attached hydrogens (primary N) is 1. The van der Waals surface area contributed by atoms with Crippen LogP contribution >= 0.6 is 11.6 Å². The van der Waals surface area contributed by atoms with Gasteiger partial charge in [0.1, 0.15) is 0 Å². The van der Waals surface area contributed by atoms with E-state index in [-0.39, 0.29) is 12.5 Å². The number of carbonyl (C=O) groups excluding carboxylic acids is 2. The third-order valence-corrected chi connectivity index (χ3v) is 4.19. The highest BCUT2D eigenvalue weighted by Gasteiger charge is 2.09. The Hall–Kier alpha value is -3.78. The molecule has 0 radical (unpaired) electrons. The van der Waals surface area contributed by atoms with Crippen LogP contribution in [0.25, 0.3) is 11.8 Å². The second-order valence-corrected chi connectivity index (χ2v) is 6.54. The number of benzene rings is 2. The van der Waals surface area contributed by atoms with E-state index in [0.717, 1.165) is 0 Å². The molecule has 3 rings (SSSR count). The molecule has 0 saturated heterocycles. The number of anilines is 1. The molecule has 154 valence electrons. The summed E-state index contributed by atoms with van der Waals surface area (Å²) in [6, 6.07) is 11.9. The molecular formula is C21H19ClN4O4. The Bertz CT molecular complexity index is 1080. The zero-order chi connectivity index (χ0) is 21.5. The summed E-state index contributed by atoms with van der Waals surface area (Å²) in [6.45, 7) is -0.258. The lowest BCUT2D eigenvalue weighted by molar-refractivity contribution is -0.120. The Morgan fingerprint density at radius 2 is 2.07 bits per heavy atom. The van der Waals surface area contributed by atoms with Crippen molar-refractivity contribution in [2.75, 3.05) is 19.0 Å². The molecule has 0 saturated carbocycles. The Labute approximate surface area is 177 Å². The lowest BCUT2D eigenvalue weighted by atomic mass is 10.2. The van der Waals surface area contributed by atoms with Crippen LogP contribution in [0.2, 0.25) is 5.02 Å². The van der Waals surface area contributed by atoms with E-state index in [1.165, 1.54) is 13.2 Å². The van der Waals surface area contributed by atoms with Gasteiger partial charge in [0.25, 0.3) is 5.91 Å². The van der Waals surface area contributed by atoms with Gasteiger partial charge in [-0.1, -0.05) is 17.7 Å². The van der Waals surface area contributed by atoms with Gasteiger partial charge in [0.2, 0.25) is 5.91 Å². The quantitative estimate of drug-likeness (QED) is 0.538. The number of nitrogens with one attached hydrogen (secondary N) is 1. The third kappa shape index (κ3) is 5.39. The number of nitrogens with zero attached hydrogens (tertiary/aromatic N) is 2. The smallest absolute Gasteiger partial charge is 0.255 e. The number of carbonyl (C=O) groups is 2. The van der Waals surface area contributed by atoms with Gasteiger partial charge in [-0.15, -0.1) is 0 Å². The van der Waals surface area contributed by atoms with Crippen LogP contribution in [0.5, 0.6) is 11.5 Å². The van der Waals surface area contributed by atoms with E-state index >= 15 is 0 Å². The molecule has 1 aromatic heterocycles. The van der Waals surface area contributed by atoms with E-state index in [1.807, 2.05) is 0 Å². The number of hydrogen-bond acceptors (Lipinski definition) is 5. The first kappa shape index (κ1) is 20.9. The maximum atomic E-state index is 12.4. The predicted molar refractivity (Wildman–Crippen MR) is 114 cm³/mol. The number of primary amides is 1. The molecule has 8 nitrogen and oxygen atoms in total. The van der Waals surface area contributed by atoms with Gasteiger partial charge in [-0.05, 0) is 48.0 Å². The number of halogens is 1. The second-order valence-electron chi connectivity index (χ2n) is 6.10. The van der Waals surface area contributed by atoms with E-state index in [0.29, 0.717) is 33.5 Å². The summed E-state index contributed by atoms with van der Waals surface area (Å²) in [5.74, 6) is -0.151. The van der Waals surface area contributed by atoms with Crippen LogP contribution in [0.1, 0.15) is 5.56 Å². The van der Waals surface area contributed by atoms with Gasteiger partial charge in [0.05, 0.1) is 18.5 Å². The van der Waals surface area contributed by atoms with Crippen molar-refractivity contribution in [3.05, 3.63) is 71.5 Å². The number of ether oxygens (including phenoxy) is 2. The summed E-state index contributed by atoms with van der Waals surface area (Å²) in [4.78, 5) is 23.3. The van der Waals surface area contributed by atoms with Gasteiger partial charge in [-0.3, -0.25) is 9.59 Å². The number of methoxy groups -OCH3 is 1. The number of aromatic nitrogens is 2. The van der Waals surface area contributed by atoms with E-state index in [2.05, 4.69) is 10.4 Å². The van der Waals surface area contributed by atoms with Crippen molar-refractivity contribution in [3.8, 4) is 17.2 Å².